The van der Waals surface area contributed by atoms with Crippen LogP contribution >= 0.6 is 0 Å². The van der Waals surface area contributed by atoms with Gasteiger partial charge in [0.25, 0.3) is 0 Å². The fraction of sp³-hybridized carbons (Fsp3) is 0.571. The number of anilines is 1. The maximum absolute atomic E-state index is 9.16. The van der Waals surface area contributed by atoms with E-state index in [9.17, 15) is 0 Å². The highest BCUT2D eigenvalue weighted by Crippen LogP contribution is 2.24. The molecule has 96 valence electrons. The Hall–Kier alpha value is -1.60. The van der Waals surface area contributed by atoms with Crippen LogP contribution in [0.25, 0.3) is 0 Å². The third kappa shape index (κ3) is 2.80. The van der Waals surface area contributed by atoms with Crippen molar-refractivity contribution in [3.8, 4) is 6.07 Å². The van der Waals surface area contributed by atoms with Crippen LogP contribution in [0.5, 0.6) is 0 Å². The van der Waals surface area contributed by atoms with Crippen LogP contribution in [-0.2, 0) is 12.8 Å². The third-order valence-corrected chi connectivity index (χ3v) is 3.35. The van der Waals surface area contributed by atoms with Gasteiger partial charge in [-0.25, -0.2) is 4.98 Å². The molecule has 0 amide bonds. The molecule has 0 fully saturated rings. The molecule has 0 bridgehead atoms. The Morgan fingerprint density at radius 1 is 1.50 bits per heavy atom. The van der Waals surface area contributed by atoms with E-state index in [0.29, 0.717) is 17.9 Å². The molecule has 4 heteroatoms. The number of nitrogens with one attached hydrogen (secondary N) is 1. The SMILES string of the molecule is CC(CO)CNc1nc2c(cc1C#N)CCCC2. The van der Waals surface area contributed by atoms with Gasteiger partial charge >= 0.3 is 0 Å². The molecule has 2 rings (SSSR count). The lowest BCUT2D eigenvalue weighted by Gasteiger charge is -2.18. The van der Waals surface area contributed by atoms with Gasteiger partial charge in [-0.05, 0) is 43.2 Å². The Balaban J connectivity index is 2.20. The second kappa shape index (κ2) is 5.83. The van der Waals surface area contributed by atoms with Crippen molar-refractivity contribution in [2.45, 2.75) is 32.6 Å². The molecule has 1 atom stereocenters. The number of aliphatic hydroxyl groups excluding tert-OH is 1. The van der Waals surface area contributed by atoms with Gasteiger partial charge in [-0.3, -0.25) is 0 Å². The average molecular weight is 245 g/mol. The number of nitrogens with zero attached hydrogens (tertiary/aromatic N) is 2. The van der Waals surface area contributed by atoms with Gasteiger partial charge in [0.2, 0.25) is 0 Å². The van der Waals surface area contributed by atoms with E-state index in [2.05, 4.69) is 16.4 Å². The van der Waals surface area contributed by atoms with Crippen LogP contribution in [0.3, 0.4) is 0 Å². The maximum Gasteiger partial charge on any atom is 0.144 e. The van der Waals surface area contributed by atoms with Crippen LogP contribution in [0.4, 0.5) is 5.82 Å². The van der Waals surface area contributed by atoms with Gasteiger partial charge in [0, 0.05) is 18.8 Å². The Morgan fingerprint density at radius 3 is 3.00 bits per heavy atom. The lowest BCUT2D eigenvalue weighted by Crippen LogP contribution is -2.17. The van der Waals surface area contributed by atoms with E-state index in [1.165, 1.54) is 18.4 Å². The molecule has 1 aromatic heterocycles. The normalized spacial score (nSPS) is 15.6. The molecule has 1 aliphatic rings. The number of aliphatic hydroxyl groups is 1. The number of hydrogen-bond acceptors (Lipinski definition) is 4. The minimum Gasteiger partial charge on any atom is -0.396 e. The Labute approximate surface area is 108 Å². The van der Waals surface area contributed by atoms with Crippen LogP contribution < -0.4 is 5.32 Å². The average Bonchev–Trinajstić information content (AvgIpc) is 2.43. The van der Waals surface area contributed by atoms with Gasteiger partial charge in [-0.1, -0.05) is 6.92 Å². The summed E-state index contributed by atoms with van der Waals surface area (Å²) in [6.45, 7) is 2.73. The summed E-state index contributed by atoms with van der Waals surface area (Å²) in [5.41, 5.74) is 2.96. The second-order valence-electron chi connectivity index (χ2n) is 4.98. The number of pyridine rings is 1. The molecule has 0 aliphatic heterocycles. The van der Waals surface area contributed by atoms with E-state index < -0.39 is 0 Å². The smallest absolute Gasteiger partial charge is 0.144 e. The molecular weight excluding hydrogens is 226 g/mol. The van der Waals surface area contributed by atoms with Crippen molar-refractivity contribution in [2.75, 3.05) is 18.5 Å². The fourth-order valence-corrected chi connectivity index (χ4v) is 2.19. The topological polar surface area (TPSA) is 68.9 Å². The molecule has 0 saturated carbocycles. The first-order valence-electron chi connectivity index (χ1n) is 6.52. The summed E-state index contributed by atoms with van der Waals surface area (Å²) in [6, 6.07) is 4.17. The van der Waals surface area contributed by atoms with E-state index >= 15 is 0 Å². The number of hydrogen-bond donors (Lipinski definition) is 2. The summed E-state index contributed by atoms with van der Waals surface area (Å²) >= 11 is 0. The van der Waals surface area contributed by atoms with Gasteiger partial charge in [-0.2, -0.15) is 5.26 Å². The summed E-state index contributed by atoms with van der Waals surface area (Å²) < 4.78 is 0. The molecule has 1 aromatic rings. The minimum atomic E-state index is 0.139. The van der Waals surface area contributed by atoms with Gasteiger partial charge in [0.15, 0.2) is 0 Å². The lowest BCUT2D eigenvalue weighted by molar-refractivity contribution is 0.244. The van der Waals surface area contributed by atoms with Crippen molar-refractivity contribution >= 4 is 5.82 Å². The van der Waals surface area contributed by atoms with Gasteiger partial charge in [0.05, 0.1) is 5.56 Å². The van der Waals surface area contributed by atoms with E-state index in [1.807, 2.05) is 13.0 Å². The first-order valence-corrected chi connectivity index (χ1v) is 6.52. The molecule has 0 saturated heterocycles. The van der Waals surface area contributed by atoms with Crippen molar-refractivity contribution in [1.82, 2.24) is 4.98 Å². The molecule has 1 aliphatic carbocycles. The molecule has 2 N–H and O–H groups in total. The molecule has 1 heterocycles. The zero-order chi connectivity index (χ0) is 13.0. The van der Waals surface area contributed by atoms with Gasteiger partial charge < -0.3 is 10.4 Å². The molecule has 1 unspecified atom stereocenters. The number of aromatic nitrogens is 1. The van der Waals surface area contributed by atoms with Crippen LogP contribution in [0, 0.1) is 17.2 Å². The van der Waals surface area contributed by atoms with Crippen molar-refractivity contribution < 1.29 is 5.11 Å². The first-order chi connectivity index (χ1) is 8.74. The molecule has 0 spiro atoms. The van der Waals surface area contributed by atoms with Crippen LogP contribution in [0.2, 0.25) is 0 Å². The maximum atomic E-state index is 9.16. The number of aryl methyl sites for hydroxylation is 2. The van der Waals surface area contributed by atoms with Crippen molar-refractivity contribution in [3.05, 3.63) is 22.9 Å². The molecule has 0 aromatic carbocycles. The summed E-state index contributed by atoms with van der Waals surface area (Å²) in [4.78, 5) is 4.58. The van der Waals surface area contributed by atoms with E-state index in [1.54, 1.807) is 0 Å². The van der Waals surface area contributed by atoms with Gasteiger partial charge in [0.1, 0.15) is 11.9 Å². The predicted octanol–water partition coefficient (Wildman–Crippen LogP) is 1.87. The lowest BCUT2D eigenvalue weighted by atomic mass is 9.95. The van der Waals surface area contributed by atoms with E-state index in [0.717, 1.165) is 18.5 Å². The highest BCUT2D eigenvalue weighted by Gasteiger charge is 2.15. The molecular formula is C14H19N3O. The zero-order valence-electron chi connectivity index (χ0n) is 10.7. The van der Waals surface area contributed by atoms with E-state index in [4.69, 9.17) is 10.4 Å². The van der Waals surface area contributed by atoms with Crippen molar-refractivity contribution in [3.63, 3.8) is 0 Å². The Bertz CT molecular complexity index is 465. The Kier molecular flexibility index (Phi) is 4.16. The number of nitriles is 1. The molecule has 4 nitrogen and oxygen atoms in total. The number of rotatable bonds is 4. The predicted molar refractivity (Wildman–Crippen MR) is 70.3 cm³/mol. The first kappa shape index (κ1) is 12.8. The summed E-state index contributed by atoms with van der Waals surface area (Å²) in [5, 5.41) is 21.3. The second-order valence-corrected chi connectivity index (χ2v) is 4.98. The summed E-state index contributed by atoms with van der Waals surface area (Å²) in [7, 11) is 0. The largest absolute Gasteiger partial charge is 0.396 e. The summed E-state index contributed by atoms with van der Waals surface area (Å²) in [5.74, 6) is 0.827. The minimum absolute atomic E-state index is 0.139. The van der Waals surface area contributed by atoms with Crippen LogP contribution in [0.1, 0.15) is 36.6 Å². The van der Waals surface area contributed by atoms with Crippen molar-refractivity contribution in [1.29, 1.82) is 5.26 Å². The highest BCUT2D eigenvalue weighted by molar-refractivity contribution is 5.54. The summed E-state index contributed by atoms with van der Waals surface area (Å²) in [6.07, 6.45) is 4.40. The third-order valence-electron chi connectivity index (χ3n) is 3.35. The Morgan fingerprint density at radius 2 is 2.28 bits per heavy atom. The van der Waals surface area contributed by atoms with Crippen LogP contribution in [-0.4, -0.2) is 23.2 Å². The number of fused-ring (bicyclic) bond motifs is 1. The molecule has 0 radical (unpaired) electrons. The fourth-order valence-electron chi connectivity index (χ4n) is 2.19. The quantitative estimate of drug-likeness (QED) is 0.849. The van der Waals surface area contributed by atoms with E-state index in [-0.39, 0.29) is 12.5 Å². The van der Waals surface area contributed by atoms with Crippen molar-refractivity contribution in [2.24, 2.45) is 5.92 Å². The standard InChI is InChI=1S/C14H19N3O/c1-10(9-18)8-16-14-12(7-15)6-11-4-2-3-5-13(11)17-14/h6,10,18H,2-5,8-9H2,1H3,(H,16,17). The monoisotopic (exact) mass is 245 g/mol. The zero-order valence-corrected chi connectivity index (χ0v) is 10.7. The molecule has 18 heavy (non-hydrogen) atoms. The van der Waals surface area contributed by atoms with Crippen LogP contribution in [0.15, 0.2) is 6.07 Å². The highest BCUT2D eigenvalue weighted by atomic mass is 16.3. The van der Waals surface area contributed by atoms with Gasteiger partial charge in [-0.15, -0.1) is 0 Å².